The fourth-order valence-corrected chi connectivity index (χ4v) is 2.11. The third-order valence-electron chi connectivity index (χ3n) is 3.18. The molecule has 0 aliphatic carbocycles. The first-order chi connectivity index (χ1) is 9.15. The van der Waals surface area contributed by atoms with E-state index >= 15 is 0 Å². The molecular formula is C13H18N4O2. The second kappa shape index (κ2) is 6.17. The Morgan fingerprint density at radius 1 is 1.32 bits per heavy atom. The zero-order valence-corrected chi connectivity index (χ0v) is 10.9. The van der Waals surface area contributed by atoms with Gasteiger partial charge in [0.05, 0.1) is 0 Å². The molecule has 1 fully saturated rings. The molecule has 2 rings (SSSR count). The number of carbonyl (C=O) groups is 2. The maximum atomic E-state index is 11.8. The van der Waals surface area contributed by atoms with Crippen molar-refractivity contribution in [3.8, 4) is 0 Å². The van der Waals surface area contributed by atoms with Gasteiger partial charge in [0.1, 0.15) is 5.82 Å². The maximum absolute atomic E-state index is 11.8. The molecular weight excluding hydrogens is 244 g/mol. The normalized spacial score (nSPS) is 15.9. The van der Waals surface area contributed by atoms with Crippen LogP contribution in [0.3, 0.4) is 0 Å². The monoisotopic (exact) mass is 262 g/mol. The van der Waals surface area contributed by atoms with Crippen LogP contribution in [-0.2, 0) is 4.79 Å². The number of urea groups is 1. The molecule has 0 spiro atoms. The average molecular weight is 262 g/mol. The number of aromatic nitrogens is 1. The first-order valence-corrected chi connectivity index (χ1v) is 6.39. The molecule has 19 heavy (non-hydrogen) atoms. The minimum atomic E-state index is -0.250. The highest BCUT2D eigenvalue weighted by Crippen LogP contribution is 2.10. The first-order valence-electron chi connectivity index (χ1n) is 6.39. The average Bonchev–Trinajstić information content (AvgIpc) is 2.40. The number of piperidine rings is 1. The maximum Gasteiger partial charge on any atom is 0.320 e. The van der Waals surface area contributed by atoms with Crippen molar-refractivity contribution in [2.45, 2.75) is 25.8 Å². The van der Waals surface area contributed by atoms with Crippen molar-refractivity contribution in [2.24, 2.45) is 0 Å². The number of pyridine rings is 1. The van der Waals surface area contributed by atoms with E-state index in [0.717, 1.165) is 12.8 Å². The number of rotatable bonds is 2. The molecule has 102 valence electrons. The van der Waals surface area contributed by atoms with Crippen LogP contribution in [-0.4, -0.2) is 41.0 Å². The number of anilines is 1. The van der Waals surface area contributed by atoms with Crippen LogP contribution in [0, 0.1) is 0 Å². The summed E-state index contributed by atoms with van der Waals surface area (Å²) < 4.78 is 0. The number of nitrogens with zero attached hydrogens (tertiary/aromatic N) is 2. The summed E-state index contributed by atoms with van der Waals surface area (Å²) in [6.07, 6.45) is 3.20. The van der Waals surface area contributed by atoms with Crippen molar-refractivity contribution in [1.29, 1.82) is 0 Å². The van der Waals surface area contributed by atoms with Crippen molar-refractivity contribution in [3.05, 3.63) is 24.4 Å². The largest absolute Gasteiger partial charge is 0.343 e. The van der Waals surface area contributed by atoms with Crippen molar-refractivity contribution in [3.63, 3.8) is 0 Å². The number of hydrogen-bond acceptors (Lipinski definition) is 3. The Kier molecular flexibility index (Phi) is 4.33. The van der Waals surface area contributed by atoms with Crippen LogP contribution in [0.4, 0.5) is 10.6 Å². The van der Waals surface area contributed by atoms with Gasteiger partial charge in [-0.1, -0.05) is 6.07 Å². The van der Waals surface area contributed by atoms with Gasteiger partial charge < -0.3 is 10.2 Å². The van der Waals surface area contributed by atoms with Crippen LogP contribution < -0.4 is 10.6 Å². The predicted molar refractivity (Wildman–Crippen MR) is 71.7 cm³/mol. The summed E-state index contributed by atoms with van der Waals surface area (Å²) in [7, 11) is 0. The van der Waals surface area contributed by atoms with Gasteiger partial charge in [0.25, 0.3) is 0 Å². The van der Waals surface area contributed by atoms with Gasteiger partial charge in [-0.05, 0) is 25.0 Å². The highest BCUT2D eigenvalue weighted by Gasteiger charge is 2.21. The van der Waals surface area contributed by atoms with E-state index < -0.39 is 0 Å². The van der Waals surface area contributed by atoms with Gasteiger partial charge in [-0.15, -0.1) is 0 Å². The van der Waals surface area contributed by atoms with Crippen LogP contribution in [0.1, 0.15) is 19.8 Å². The Balaban J connectivity index is 1.76. The number of hydrogen-bond donors (Lipinski definition) is 2. The fraction of sp³-hybridized carbons (Fsp3) is 0.462. The van der Waals surface area contributed by atoms with E-state index in [4.69, 9.17) is 0 Å². The lowest BCUT2D eigenvalue weighted by Gasteiger charge is -2.31. The van der Waals surface area contributed by atoms with Crippen LogP contribution in [0.15, 0.2) is 24.4 Å². The molecule has 1 aliphatic heterocycles. The van der Waals surface area contributed by atoms with E-state index in [1.54, 1.807) is 30.2 Å². The SMILES string of the molecule is CC(=O)N1CCC(NC(=O)Nc2ccccn2)CC1. The minimum absolute atomic E-state index is 0.0939. The number of carbonyl (C=O) groups excluding carboxylic acids is 2. The zero-order valence-electron chi connectivity index (χ0n) is 10.9. The summed E-state index contributed by atoms with van der Waals surface area (Å²) in [6, 6.07) is 5.20. The van der Waals surface area contributed by atoms with Gasteiger partial charge in [0.15, 0.2) is 0 Å². The van der Waals surface area contributed by atoms with Crippen molar-refractivity contribution >= 4 is 17.8 Å². The van der Waals surface area contributed by atoms with Gasteiger partial charge in [-0.3, -0.25) is 10.1 Å². The predicted octanol–water partition coefficient (Wildman–Crippen LogP) is 1.21. The Morgan fingerprint density at radius 2 is 2.05 bits per heavy atom. The highest BCUT2D eigenvalue weighted by molar-refractivity contribution is 5.88. The summed E-state index contributed by atoms with van der Waals surface area (Å²) in [6.45, 7) is 2.97. The van der Waals surface area contributed by atoms with Crippen molar-refractivity contribution in [2.75, 3.05) is 18.4 Å². The smallest absolute Gasteiger partial charge is 0.320 e. The minimum Gasteiger partial charge on any atom is -0.343 e. The summed E-state index contributed by atoms with van der Waals surface area (Å²) in [4.78, 5) is 28.8. The van der Waals surface area contributed by atoms with Crippen LogP contribution in [0.2, 0.25) is 0 Å². The summed E-state index contributed by atoms with van der Waals surface area (Å²) in [5.41, 5.74) is 0. The molecule has 6 heteroatoms. The first kappa shape index (κ1) is 13.3. The Hall–Kier alpha value is -2.11. The summed E-state index contributed by atoms with van der Waals surface area (Å²) in [5.74, 6) is 0.623. The molecule has 6 nitrogen and oxygen atoms in total. The van der Waals surface area contributed by atoms with Crippen LogP contribution >= 0.6 is 0 Å². The molecule has 0 radical (unpaired) electrons. The van der Waals surface area contributed by atoms with Gasteiger partial charge in [0, 0.05) is 32.3 Å². The fourth-order valence-electron chi connectivity index (χ4n) is 2.11. The van der Waals surface area contributed by atoms with E-state index in [9.17, 15) is 9.59 Å². The molecule has 1 aliphatic rings. The molecule has 0 saturated carbocycles. The van der Waals surface area contributed by atoms with E-state index in [1.165, 1.54) is 0 Å². The third kappa shape index (κ3) is 3.94. The molecule has 0 bridgehead atoms. The van der Waals surface area contributed by atoms with E-state index in [-0.39, 0.29) is 18.0 Å². The van der Waals surface area contributed by atoms with E-state index in [2.05, 4.69) is 15.6 Å². The van der Waals surface area contributed by atoms with Gasteiger partial charge in [0.2, 0.25) is 5.91 Å². The molecule has 1 saturated heterocycles. The van der Waals surface area contributed by atoms with E-state index in [1.807, 2.05) is 6.07 Å². The molecule has 0 aromatic carbocycles. The molecule has 1 aromatic heterocycles. The zero-order chi connectivity index (χ0) is 13.7. The lowest BCUT2D eigenvalue weighted by Crippen LogP contribution is -2.47. The Labute approximate surface area is 112 Å². The molecule has 0 unspecified atom stereocenters. The molecule has 1 aromatic rings. The topological polar surface area (TPSA) is 74.3 Å². The second-order valence-electron chi connectivity index (χ2n) is 4.59. The van der Waals surface area contributed by atoms with Gasteiger partial charge in [-0.2, -0.15) is 0 Å². The van der Waals surface area contributed by atoms with Gasteiger partial charge in [-0.25, -0.2) is 9.78 Å². The van der Waals surface area contributed by atoms with Gasteiger partial charge >= 0.3 is 6.03 Å². The summed E-state index contributed by atoms with van der Waals surface area (Å²) in [5, 5.41) is 5.58. The quantitative estimate of drug-likeness (QED) is 0.841. The molecule has 3 amide bonds. The van der Waals surface area contributed by atoms with Crippen LogP contribution in [0.25, 0.3) is 0 Å². The lowest BCUT2D eigenvalue weighted by molar-refractivity contribution is -0.129. The lowest BCUT2D eigenvalue weighted by atomic mass is 10.1. The standard InChI is InChI=1S/C13H18N4O2/c1-10(18)17-8-5-11(6-9-17)15-13(19)16-12-4-2-3-7-14-12/h2-4,7,11H,5-6,8-9H2,1H3,(H2,14,15,16,19). The molecule has 0 atom stereocenters. The number of likely N-dealkylation sites (tertiary alicyclic amines) is 1. The Morgan fingerprint density at radius 3 is 2.63 bits per heavy atom. The van der Waals surface area contributed by atoms with Crippen molar-refractivity contribution < 1.29 is 9.59 Å². The van der Waals surface area contributed by atoms with Crippen LogP contribution in [0.5, 0.6) is 0 Å². The molecule has 2 heterocycles. The highest BCUT2D eigenvalue weighted by atomic mass is 16.2. The molecule has 2 N–H and O–H groups in total. The third-order valence-corrected chi connectivity index (χ3v) is 3.18. The Bertz CT molecular complexity index is 441. The van der Waals surface area contributed by atoms with Crippen molar-refractivity contribution in [1.82, 2.24) is 15.2 Å². The number of nitrogens with one attached hydrogen (secondary N) is 2. The number of amides is 3. The van der Waals surface area contributed by atoms with E-state index in [0.29, 0.717) is 18.9 Å². The second-order valence-corrected chi connectivity index (χ2v) is 4.59. The summed E-state index contributed by atoms with van der Waals surface area (Å²) >= 11 is 0.